The Balaban J connectivity index is 1.88. The van der Waals surface area contributed by atoms with Crippen molar-refractivity contribution in [1.29, 1.82) is 0 Å². The summed E-state index contributed by atoms with van der Waals surface area (Å²) >= 11 is 7.68. The van der Waals surface area contributed by atoms with E-state index in [1.807, 2.05) is 19.1 Å². The van der Waals surface area contributed by atoms with Crippen molar-refractivity contribution < 1.29 is 13.2 Å². The third-order valence-electron chi connectivity index (χ3n) is 5.04. The third-order valence-corrected chi connectivity index (χ3v) is 8.37. The molecule has 9 heteroatoms. The molecule has 4 aromatic rings. The van der Waals surface area contributed by atoms with Crippen molar-refractivity contribution in [3.63, 3.8) is 0 Å². The summed E-state index contributed by atoms with van der Waals surface area (Å²) in [7, 11) is -3.60. The predicted molar refractivity (Wildman–Crippen MR) is 128 cm³/mol. The quantitative estimate of drug-likeness (QED) is 0.370. The molecule has 0 unspecified atom stereocenters. The average Bonchev–Trinajstić information content (AvgIpc) is 3.27. The van der Waals surface area contributed by atoms with E-state index in [1.165, 1.54) is 28.4 Å². The van der Waals surface area contributed by atoms with Gasteiger partial charge in [0.05, 0.1) is 43.7 Å². The van der Waals surface area contributed by atoms with E-state index in [0.717, 1.165) is 10.3 Å². The van der Waals surface area contributed by atoms with Crippen LogP contribution in [0.2, 0.25) is 5.02 Å². The summed E-state index contributed by atoms with van der Waals surface area (Å²) in [6, 6.07) is 15.4. The normalized spacial score (nSPS) is 11.6. The molecule has 0 bridgehead atoms. The van der Waals surface area contributed by atoms with Crippen LogP contribution in [-0.2, 0) is 16.4 Å². The molecule has 164 valence electrons. The largest absolute Gasteiger partial charge is 0.278 e. The van der Waals surface area contributed by atoms with Crippen LogP contribution < -0.4 is 4.90 Å². The maximum Gasteiger partial charge on any atom is 0.261 e. The number of carbonyl (C=O) groups excluding carboxylic acids is 1. The number of halogens is 1. The molecule has 0 radical (unpaired) electrons. The van der Waals surface area contributed by atoms with Crippen molar-refractivity contribution in [2.75, 3.05) is 10.7 Å². The van der Waals surface area contributed by atoms with Gasteiger partial charge in [-0.15, -0.1) is 0 Å². The summed E-state index contributed by atoms with van der Waals surface area (Å²) in [6.07, 6.45) is 1.65. The molecule has 1 amide bonds. The number of fused-ring (bicyclic) bond motifs is 1. The van der Waals surface area contributed by atoms with Crippen LogP contribution in [-0.4, -0.2) is 30.0 Å². The van der Waals surface area contributed by atoms with Gasteiger partial charge in [-0.25, -0.2) is 13.4 Å². The number of rotatable bonds is 6. The zero-order chi connectivity index (χ0) is 22.9. The van der Waals surface area contributed by atoms with E-state index in [-0.39, 0.29) is 22.8 Å². The highest BCUT2D eigenvalue weighted by Gasteiger charge is 2.28. The lowest BCUT2D eigenvalue weighted by Gasteiger charge is -2.21. The number of aromatic nitrogens is 2. The number of hydrogen-bond donors (Lipinski definition) is 0. The molecule has 0 saturated carbocycles. The van der Waals surface area contributed by atoms with Gasteiger partial charge in [0.25, 0.3) is 5.91 Å². The molecule has 6 nitrogen and oxygen atoms in total. The second kappa shape index (κ2) is 8.97. The number of aryl methyl sites for hydroxylation is 1. The van der Waals surface area contributed by atoms with Crippen LogP contribution in [0.1, 0.15) is 28.5 Å². The van der Waals surface area contributed by atoms with Crippen molar-refractivity contribution in [1.82, 2.24) is 9.97 Å². The zero-order valence-corrected chi connectivity index (χ0v) is 19.8. The van der Waals surface area contributed by atoms with Gasteiger partial charge in [-0.1, -0.05) is 54.1 Å². The fraction of sp³-hybridized carbons (Fsp3) is 0.174. The highest BCUT2D eigenvalue weighted by Crippen LogP contribution is 2.37. The standard InChI is InChI=1S/C23H20ClN3O3S2/c1-3-32(29,30)19-10-5-4-9-17(19)22(28)27(14-16-8-6-7-13-25-16)23-26-20-15(2)11-12-18(24)21(20)31-23/h4-13H,3,14H2,1-2H3. The molecule has 0 saturated heterocycles. The van der Waals surface area contributed by atoms with E-state index < -0.39 is 15.7 Å². The van der Waals surface area contributed by atoms with E-state index >= 15 is 0 Å². The summed E-state index contributed by atoms with van der Waals surface area (Å²) in [5, 5.41) is 0.976. The number of hydrogen-bond acceptors (Lipinski definition) is 6. The smallest absolute Gasteiger partial charge is 0.261 e. The summed E-state index contributed by atoms with van der Waals surface area (Å²) in [5.74, 6) is -0.566. The minimum absolute atomic E-state index is 0.00819. The fourth-order valence-electron chi connectivity index (χ4n) is 3.30. The van der Waals surface area contributed by atoms with Crippen LogP contribution in [0.3, 0.4) is 0 Å². The Labute approximate surface area is 195 Å². The number of amides is 1. The molecule has 2 heterocycles. The molecule has 2 aromatic carbocycles. The van der Waals surface area contributed by atoms with Gasteiger partial charge in [-0.2, -0.15) is 0 Å². The Morgan fingerprint density at radius 1 is 1.09 bits per heavy atom. The highest BCUT2D eigenvalue weighted by molar-refractivity contribution is 7.91. The first kappa shape index (κ1) is 22.4. The molecular weight excluding hydrogens is 466 g/mol. The SMILES string of the molecule is CCS(=O)(=O)c1ccccc1C(=O)N(Cc1ccccn1)c1nc2c(C)ccc(Cl)c2s1. The Morgan fingerprint density at radius 2 is 1.84 bits per heavy atom. The lowest BCUT2D eigenvalue weighted by molar-refractivity contribution is 0.0981. The molecule has 4 rings (SSSR count). The number of nitrogens with zero attached hydrogens (tertiary/aromatic N) is 3. The monoisotopic (exact) mass is 485 g/mol. The van der Waals surface area contributed by atoms with Gasteiger partial charge >= 0.3 is 0 Å². The van der Waals surface area contributed by atoms with Crippen molar-refractivity contribution in [2.45, 2.75) is 25.3 Å². The van der Waals surface area contributed by atoms with Crippen LogP contribution in [0.25, 0.3) is 10.2 Å². The topological polar surface area (TPSA) is 80.2 Å². The van der Waals surface area contributed by atoms with Crippen LogP contribution in [0.15, 0.2) is 65.7 Å². The van der Waals surface area contributed by atoms with Gasteiger partial charge < -0.3 is 0 Å². The summed E-state index contributed by atoms with van der Waals surface area (Å²) in [5.41, 5.74) is 2.41. The van der Waals surface area contributed by atoms with Gasteiger partial charge in [0.2, 0.25) is 0 Å². The van der Waals surface area contributed by atoms with Crippen LogP contribution in [0, 0.1) is 6.92 Å². The van der Waals surface area contributed by atoms with Gasteiger partial charge in [0.1, 0.15) is 0 Å². The summed E-state index contributed by atoms with van der Waals surface area (Å²) in [6.45, 7) is 3.62. The van der Waals surface area contributed by atoms with E-state index in [0.29, 0.717) is 21.4 Å². The molecule has 32 heavy (non-hydrogen) atoms. The van der Waals surface area contributed by atoms with Gasteiger partial charge in [-0.05, 0) is 42.8 Å². The fourth-order valence-corrected chi connectivity index (χ4v) is 5.70. The number of benzene rings is 2. The van der Waals surface area contributed by atoms with E-state index in [1.54, 1.807) is 43.5 Å². The van der Waals surface area contributed by atoms with Crippen LogP contribution in [0.5, 0.6) is 0 Å². The van der Waals surface area contributed by atoms with Crippen molar-refractivity contribution in [2.24, 2.45) is 0 Å². The van der Waals surface area contributed by atoms with Crippen LogP contribution in [0.4, 0.5) is 5.13 Å². The maximum absolute atomic E-state index is 13.7. The average molecular weight is 486 g/mol. The molecule has 0 spiro atoms. The minimum Gasteiger partial charge on any atom is -0.278 e. The van der Waals surface area contributed by atoms with E-state index in [2.05, 4.69) is 4.98 Å². The van der Waals surface area contributed by atoms with Crippen LogP contribution >= 0.6 is 22.9 Å². The number of carbonyl (C=O) groups is 1. The highest BCUT2D eigenvalue weighted by atomic mass is 35.5. The van der Waals surface area contributed by atoms with Crippen molar-refractivity contribution in [3.8, 4) is 0 Å². The van der Waals surface area contributed by atoms with Gasteiger partial charge in [-0.3, -0.25) is 14.7 Å². The Bertz CT molecular complexity index is 1360. The van der Waals surface area contributed by atoms with Crippen molar-refractivity contribution >= 4 is 54.0 Å². The summed E-state index contributed by atoms with van der Waals surface area (Å²) < 4.78 is 26.1. The molecule has 0 N–H and O–H groups in total. The van der Waals surface area contributed by atoms with E-state index in [9.17, 15) is 13.2 Å². The predicted octanol–water partition coefficient (Wildman–Crippen LogP) is 5.29. The first-order chi connectivity index (χ1) is 15.3. The molecule has 0 aliphatic heterocycles. The molecular formula is C23H20ClN3O3S2. The number of thiazole rings is 1. The first-order valence-electron chi connectivity index (χ1n) is 9.91. The molecule has 0 atom stereocenters. The lowest BCUT2D eigenvalue weighted by Crippen LogP contribution is -2.32. The second-order valence-electron chi connectivity index (χ2n) is 7.15. The molecule has 2 aromatic heterocycles. The Morgan fingerprint density at radius 3 is 2.53 bits per heavy atom. The number of anilines is 1. The molecule has 0 aliphatic carbocycles. The maximum atomic E-state index is 13.7. The molecule has 0 fully saturated rings. The summed E-state index contributed by atoms with van der Waals surface area (Å²) in [4.78, 5) is 24.2. The third kappa shape index (κ3) is 4.26. The Kier molecular flexibility index (Phi) is 6.28. The molecule has 0 aliphatic rings. The number of sulfone groups is 1. The van der Waals surface area contributed by atoms with Gasteiger partial charge in [0, 0.05) is 6.20 Å². The number of pyridine rings is 1. The Hall–Kier alpha value is -2.81. The van der Waals surface area contributed by atoms with E-state index in [4.69, 9.17) is 16.6 Å². The first-order valence-corrected chi connectivity index (χ1v) is 12.8. The second-order valence-corrected chi connectivity index (χ2v) is 10.8. The minimum atomic E-state index is -3.60. The van der Waals surface area contributed by atoms with Crippen molar-refractivity contribution in [3.05, 3.63) is 82.6 Å². The van der Waals surface area contributed by atoms with Gasteiger partial charge in [0.15, 0.2) is 15.0 Å². The lowest BCUT2D eigenvalue weighted by atomic mass is 10.2. The zero-order valence-electron chi connectivity index (χ0n) is 17.4.